The topological polar surface area (TPSA) is 234 Å². The number of hydrogen-bond donors (Lipinski definition) is 2. The van der Waals surface area contributed by atoms with E-state index >= 15 is 0 Å². The lowest BCUT2D eigenvalue weighted by Crippen LogP contribution is -2.18. The molecule has 17 heteroatoms. The number of anilines is 1. The molecule has 2 aromatic rings. The molecule has 2 aliphatic carbocycles. The van der Waals surface area contributed by atoms with E-state index in [-0.39, 0.29) is 19.8 Å². The fourth-order valence-corrected chi connectivity index (χ4v) is 7.60. The first-order valence-corrected chi connectivity index (χ1v) is 17.6. The van der Waals surface area contributed by atoms with Crippen molar-refractivity contribution >= 4 is 31.8 Å². The summed E-state index contributed by atoms with van der Waals surface area (Å²) in [5.41, 5.74) is 19.6. The molecule has 45 heavy (non-hydrogen) atoms. The van der Waals surface area contributed by atoms with Gasteiger partial charge in [0, 0.05) is 18.9 Å². The number of benzene rings is 2. The lowest BCUT2D eigenvalue weighted by atomic mass is 9.78. The Hall–Kier alpha value is -4.01. The summed E-state index contributed by atoms with van der Waals surface area (Å²) in [7, 11) is -9.36. The van der Waals surface area contributed by atoms with Gasteiger partial charge in [0.15, 0.2) is 0 Å². The van der Waals surface area contributed by atoms with Crippen molar-refractivity contribution in [1.29, 1.82) is 0 Å². The number of hydrogen-bond acceptors (Lipinski definition) is 8. The molecular formula is C28H35N7O8S2. The second kappa shape index (κ2) is 15.3. The number of aromatic hydroxyl groups is 1. The molecule has 2 aromatic carbocycles. The van der Waals surface area contributed by atoms with E-state index in [2.05, 4.69) is 24.2 Å². The minimum absolute atomic E-state index is 0.0129. The molecule has 2 saturated carbocycles. The molecule has 0 heterocycles. The van der Waals surface area contributed by atoms with Crippen LogP contribution in [-0.2, 0) is 36.1 Å². The molecule has 0 atom stereocenters. The van der Waals surface area contributed by atoms with Gasteiger partial charge in [-0.25, -0.2) is 21.6 Å². The van der Waals surface area contributed by atoms with Gasteiger partial charge in [0.25, 0.3) is 20.0 Å². The second-order valence-electron chi connectivity index (χ2n) is 11.1. The zero-order valence-corrected chi connectivity index (χ0v) is 26.2. The molecule has 0 spiro atoms. The standard InChI is InChI=1S/C28H35N7O8S2/c29-32-34-44(38,39)22-11-12-25(26(17-22)45(40,41)35-33-30)31-28(37)43-14-13-42-18-19-15-23(20-7-3-1-4-8-20)27(36)24(16-19)21-9-5-2-6-10-21/h11-12,15-17,20-21,36H,1-10,13-14,18H2,(H,31,37). The zero-order chi connectivity index (χ0) is 32.5. The Morgan fingerprint density at radius 2 is 1.40 bits per heavy atom. The quantitative estimate of drug-likeness (QED) is 0.101. The number of nitrogens with one attached hydrogen (secondary N) is 1. The van der Waals surface area contributed by atoms with Crippen molar-refractivity contribution in [3.8, 4) is 5.75 Å². The number of azide groups is 2. The highest BCUT2D eigenvalue weighted by molar-refractivity contribution is 7.91. The van der Waals surface area contributed by atoms with Gasteiger partial charge in [0.1, 0.15) is 12.4 Å². The average Bonchev–Trinajstić information content (AvgIpc) is 3.02. The lowest BCUT2D eigenvalue weighted by molar-refractivity contribution is 0.0695. The predicted molar refractivity (Wildman–Crippen MR) is 163 cm³/mol. The van der Waals surface area contributed by atoms with Gasteiger partial charge in [0.2, 0.25) is 0 Å². The molecule has 0 radical (unpaired) electrons. The molecule has 2 fully saturated rings. The van der Waals surface area contributed by atoms with Crippen LogP contribution in [0.1, 0.15) is 92.7 Å². The number of carbonyl (C=O) groups is 1. The van der Waals surface area contributed by atoms with Crippen LogP contribution in [-0.4, -0.2) is 41.2 Å². The summed E-state index contributed by atoms with van der Waals surface area (Å²) in [6, 6.07) is 6.45. The number of phenols is 1. The smallest absolute Gasteiger partial charge is 0.411 e. The number of carbonyl (C=O) groups excluding carboxylic acids is 1. The van der Waals surface area contributed by atoms with Crippen LogP contribution in [0.15, 0.2) is 49.2 Å². The number of nitrogens with zero attached hydrogens (tertiary/aromatic N) is 6. The summed E-state index contributed by atoms with van der Waals surface area (Å²) in [4.78, 5) is 15.3. The first-order chi connectivity index (χ1) is 21.6. The van der Waals surface area contributed by atoms with Crippen molar-refractivity contribution in [3.63, 3.8) is 0 Å². The molecule has 2 aliphatic rings. The van der Waals surface area contributed by atoms with E-state index in [1.807, 2.05) is 12.1 Å². The molecule has 0 aromatic heterocycles. The van der Waals surface area contributed by atoms with Gasteiger partial charge in [-0.05, 0) is 95.6 Å². The highest BCUT2D eigenvalue weighted by Gasteiger charge is 2.26. The van der Waals surface area contributed by atoms with Crippen molar-refractivity contribution < 1.29 is 36.2 Å². The van der Waals surface area contributed by atoms with Crippen molar-refractivity contribution in [2.45, 2.75) is 92.4 Å². The first-order valence-electron chi connectivity index (χ1n) is 14.7. The Balaban J connectivity index is 1.40. The summed E-state index contributed by atoms with van der Waals surface area (Å²) in [5.74, 6) is 1.05. The van der Waals surface area contributed by atoms with E-state index < -0.39 is 41.6 Å². The molecule has 0 aliphatic heterocycles. The summed E-state index contributed by atoms with van der Waals surface area (Å²) in [6.07, 6.45) is 10.1. The SMILES string of the molecule is [N-]=[N+]=NS(=O)(=O)c1ccc(NC(=O)OCCOCc2cc(C3CCCCC3)c(O)c(C3CCCCC3)c2)c(S(=O)(=O)N=[N+]=[N-])c1. The monoisotopic (exact) mass is 661 g/mol. The van der Waals surface area contributed by atoms with Crippen LogP contribution in [0.5, 0.6) is 5.75 Å². The summed E-state index contributed by atoms with van der Waals surface area (Å²) in [6.45, 7) is 0.0517. The van der Waals surface area contributed by atoms with Crippen LogP contribution >= 0.6 is 0 Å². The van der Waals surface area contributed by atoms with Gasteiger partial charge in [-0.3, -0.25) is 5.32 Å². The maximum atomic E-state index is 12.4. The average molecular weight is 662 g/mol. The van der Waals surface area contributed by atoms with Gasteiger partial charge in [0.05, 0.1) is 28.7 Å². The van der Waals surface area contributed by atoms with Crippen molar-refractivity contribution in [2.75, 3.05) is 18.5 Å². The highest BCUT2D eigenvalue weighted by atomic mass is 32.2. The number of ether oxygens (including phenoxy) is 2. The van der Waals surface area contributed by atoms with Crippen LogP contribution < -0.4 is 5.32 Å². The zero-order valence-electron chi connectivity index (χ0n) is 24.5. The van der Waals surface area contributed by atoms with E-state index in [1.54, 1.807) is 0 Å². The number of sulfonamides is 2. The molecule has 0 bridgehead atoms. The van der Waals surface area contributed by atoms with Gasteiger partial charge in [-0.15, -0.1) is 0 Å². The first kappa shape index (κ1) is 33.9. The summed E-state index contributed by atoms with van der Waals surface area (Å²) in [5, 5.41) is 13.5. The van der Waals surface area contributed by atoms with Crippen LogP contribution in [0.4, 0.5) is 10.5 Å². The fraction of sp³-hybridized carbons (Fsp3) is 0.536. The lowest BCUT2D eigenvalue weighted by Gasteiger charge is -2.28. The molecule has 4 rings (SSSR count). The minimum Gasteiger partial charge on any atom is -0.507 e. The Morgan fingerprint density at radius 3 is 1.96 bits per heavy atom. The highest BCUT2D eigenvalue weighted by Crippen LogP contribution is 2.44. The molecule has 0 unspecified atom stereocenters. The third-order valence-electron chi connectivity index (χ3n) is 8.10. The van der Waals surface area contributed by atoms with Crippen LogP contribution in [0, 0.1) is 0 Å². The number of rotatable bonds is 12. The van der Waals surface area contributed by atoms with E-state index in [0.29, 0.717) is 23.7 Å². The van der Waals surface area contributed by atoms with E-state index in [9.17, 15) is 26.7 Å². The Labute approximate surface area is 261 Å². The largest absolute Gasteiger partial charge is 0.507 e. The molecule has 1 amide bonds. The van der Waals surface area contributed by atoms with Crippen molar-refractivity contribution in [2.24, 2.45) is 9.04 Å². The number of amides is 1. The van der Waals surface area contributed by atoms with Gasteiger partial charge in [-0.2, -0.15) is 0 Å². The Bertz CT molecular complexity index is 1670. The maximum Gasteiger partial charge on any atom is 0.411 e. The van der Waals surface area contributed by atoms with E-state index in [1.165, 1.54) is 12.8 Å². The van der Waals surface area contributed by atoms with E-state index in [4.69, 9.17) is 20.5 Å². The molecule has 242 valence electrons. The fourth-order valence-electron chi connectivity index (χ4n) is 5.97. The normalized spacial score (nSPS) is 16.3. The molecule has 0 saturated heterocycles. The number of phenolic OH excluding ortho intramolecular Hbond substituents is 1. The summed E-state index contributed by atoms with van der Waals surface area (Å²) >= 11 is 0. The van der Waals surface area contributed by atoms with Crippen LogP contribution in [0.25, 0.3) is 20.9 Å². The third-order valence-corrected chi connectivity index (χ3v) is 10.4. The Morgan fingerprint density at radius 1 is 0.844 bits per heavy atom. The molecule has 15 nitrogen and oxygen atoms in total. The van der Waals surface area contributed by atoms with Crippen molar-refractivity contribution in [1.82, 2.24) is 0 Å². The summed E-state index contributed by atoms with van der Waals surface area (Å²) < 4.78 is 65.2. The van der Waals surface area contributed by atoms with Gasteiger partial charge >= 0.3 is 6.09 Å². The maximum absolute atomic E-state index is 12.4. The van der Waals surface area contributed by atoms with Crippen molar-refractivity contribution in [3.05, 3.63) is 67.9 Å². The third kappa shape index (κ3) is 8.80. The molecule has 2 N–H and O–H groups in total. The van der Waals surface area contributed by atoms with Gasteiger partial charge in [-0.1, -0.05) is 38.5 Å². The molecular weight excluding hydrogens is 626 g/mol. The van der Waals surface area contributed by atoms with E-state index in [0.717, 1.165) is 80.2 Å². The minimum atomic E-state index is -4.77. The Kier molecular flexibility index (Phi) is 11.5. The second-order valence-corrected chi connectivity index (χ2v) is 14.2. The van der Waals surface area contributed by atoms with Crippen LogP contribution in [0.3, 0.4) is 0 Å². The van der Waals surface area contributed by atoms with Crippen LogP contribution in [0.2, 0.25) is 0 Å². The predicted octanol–water partition coefficient (Wildman–Crippen LogP) is 7.25. The van der Waals surface area contributed by atoms with Gasteiger partial charge < -0.3 is 14.6 Å².